The molecule has 6 heterocycles. The first kappa shape index (κ1) is 34.5. The number of likely N-dealkylation sites (tertiary alicyclic amines) is 1. The number of carbonyl (C=O) groups is 2. The van der Waals surface area contributed by atoms with Crippen LogP contribution in [0, 0.1) is 5.92 Å². The number of carbonyl (C=O) groups excluding carboxylic acids is 2. The zero-order valence-corrected chi connectivity index (χ0v) is 30.2. The van der Waals surface area contributed by atoms with Gasteiger partial charge in [-0.25, -0.2) is 8.78 Å². The topological polar surface area (TPSA) is 82.7 Å². The minimum absolute atomic E-state index is 0.00334. The molecule has 4 aliphatic rings. The van der Waals surface area contributed by atoms with Crippen LogP contribution >= 0.6 is 0 Å². The lowest BCUT2D eigenvalue weighted by Crippen LogP contribution is -2.42. The van der Waals surface area contributed by atoms with Crippen LogP contribution in [0.2, 0.25) is 0 Å². The largest absolute Gasteiger partial charge is 0.372 e. The summed E-state index contributed by atoms with van der Waals surface area (Å²) in [6, 6.07) is 11.7. The standard InChI is InChI=1S/C40H48F2N8O2/c1-27(52)48-19-13-37-36(25-48)40(49-14-3-4-30-20-34(31-22-43-45(2)24-31)35(39(41)42)21-38(30)49)44-50(37)33-11-15-46(16-12-33)23-28-9-17-47(18-10-28)32-7-5-29(26-51)6-8-32/h5-8,20-22,24,26,28,33,39H,3-4,9-19,23,25H2,1-2H3. The van der Waals surface area contributed by atoms with Crippen molar-refractivity contribution in [2.75, 3.05) is 55.6 Å². The third-order valence-corrected chi connectivity index (χ3v) is 11.8. The van der Waals surface area contributed by atoms with E-state index in [-0.39, 0.29) is 17.5 Å². The molecule has 0 bridgehead atoms. The highest BCUT2D eigenvalue weighted by molar-refractivity contribution is 5.78. The third-order valence-electron chi connectivity index (χ3n) is 11.8. The number of alkyl halides is 2. The molecule has 0 saturated carbocycles. The van der Waals surface area contributed by atoms with Gasteiger partial charge < -0.3 is 19.6 Å². The lowest BCUT2D eigenvalue weighted by molar-refractivity contribution is -0.129. The Labute approximate surface area is 304 Å². The number of aryl methyl sites for hydroxylation is 2. The predicted molar refractivity (Wildman–Crippen MR) is 197 cm³/mol. The van der Waals surface area contributed by atoms with Crippen LogP contribution in [0.4, 0.5) is 26.0 Å². The molecule has 2 saturated heterocycles. The smallest absolute Gasteiger partial charge is 0.264 e. The number of piperidine rings is 2. The molecule has 0 radical (unpaired) electrons. The summed E-state index contributed by atoms with van der Waals surface area (Å²) in [6.07, 6.45) is 8.45. The summed E-state index contributed by atoms with van der Waals surface area (Å²) < 4.78 is 33.2. The number of halogens is 2. The van der Waals surface area contributed by atoms with Crippen LogP contribution < -0.4 is 9.80 Å². The molecule has 0 unspecified atom stereocenters. The van der Waals surface area contributed by atoms with Gasteiger partial charge in [-0.3, -0.25) is 19.0 Å². The number of fused-ring (bicyclic) bond motifs is 2. The van der Waals surface area contributed by atoms with Gasteiger partial charge in [0.1, 0.15) is 6.29 Å². The van der Waals surface area contributed by atoms with E-state index < -0.39 is 6.43 Å². The predicted octanol–water partition coefficient (Wildman–Crippen LogP) is 6.58. The molecule has 52 heavy (non-hydrogen) atoms. The number of hydrogen-bond donors (Lipinski definition) is 0. The summed E-state index contributed by atoms with van der Waals surface area (Å²) in [5, 5.41) is 9.58. The SMILES string of the molecule is CC(=O)N1CCc2c(c(N3CCCc4cc(-c5cnn(C)c5)c(C(F)F)cc43)nn2C2CCN(CC3CCN(c4ccc(C=O)cc4)CC3)CC2)C1. The zero-order valence-electron chi connectivity index (χ0n) is 30.2. The van der Waals surface area contributed by atoms with E-state index in [0.717, 1.165) is 107 Å². The minimum Gasteiger partial charge on any atom is -0.372 e. The van der Waals surface area contributed by atoms with Crippen LogP contribution in [0.25, 0.3) is 11.1 Å². The second kappa shape index (κ2) is 14.4. The molecule has 12 heteroatoms. The van der Waals surface area contributed by atoms with Gasteiger partial charge in [-0.15, -0.1) is 0 Å². The van der Waals surface area contributed by atoms with Crippen molar-refractivity contribution in [3.63, 3.8) is 0 Å². The molecule has 2 aromatic heterocycles. The number of anilines is 3. The number of rotatable bonds is 8. The van der Waals surface area contributed by atoms with Gasteiger partial charge in [0.2, 0.25) is 5.91 Å². The second-order valence-corrected chi connectivity index (χ2v) is 15.1. The van der Waals surface area contributed by atoms with E-state index in [1.807, 2.05) is 23.1 Å². The highest BCUT2D eigenvalue weighted by Crippen LogP contribution is 2.44. The fourth-order valence-electron chi connectivity index (χ4n) is 8.92. The average Bonchev–Trinajstić information content (AvgIpc) is 3.78. The molecule has 2 aromatic carbocycles. The zero-order chi connectivity index (χ0) is 35.9. The van der Waals surface area contributed by atoms with Gasteiger partial charge in [-0.2, -0.15) is 10.2 Å². The Bertz CT molecular complexity index is 1920. The Morgan fingerprint density at radius 1 is 0.981 bits per heavy atom. The minimum atomic E-state index is -2.64. The van der Waals surface area contributed by atoms with Gasteiger partial charge in [0.25, 0.3) is 6.43 Å². The molecule has 8 rings (SSSR count). The molecule has 2 fully saturated rings. The highest BCUT2D eigenvalue weighted by atomic mass is 19.3. The van der Waals surface area contributed by atoms with Gasteiger partial charge in [-0.05, 0) is 92.0 Å². The Kier molecular flexibility index (Phi) is 9.58. The van der Waals surface area contributed by atoms with Crippen LogP contribution in [0.15, 0.2) is 48.8 Å². The van der Waals surface area contributed by atoms with E-state index in [1.54, 1.807) is 37.1 Å². The first-order chi connectivity index (χ1) is 25.2. The maximum atomic E-state index is 14.6. The summed E-state index contributed by atoms with van der Waals surface area (Å²) in [5.74, 6) is 1.52. The molecule has 0 spiro atoms. The van der Waals surface area contributed by atoms with Gasteiger partial charge in [0.15, 0.2) is 5.82 Å². The molecule has 4 aliphatic heterocycles. The number of amides is 1. The maximum absolute atomic E-state index is 14.6. The van der Waals surface area contributed by atoms with Crippen LogP contribution in [0.1, 0.15) is 84.2 Å². The van der Waals surface area contributed by atoms with E-state index in [9.17, 15) is 18.4 Å². The van der Waals surface area contributed by atoms with Gasteiger partial charge in [-0.1, -0.05) is 0 Å². The van der Waals surface area contributed by atoms with Crippen molar-refractivity contribution in [3.8, 4) is 11.1 Å². The van der Waals surface area contributed by atoms with Gasteiger partial charge >= 0.3 is 0 Å². The van der Waals surface area contributed by atoms with Crippen molar-refractivity contribution < 1.29 is 18.4 Å². The van der Waals surface area contributed by atoms with E-state index >= 15 is 0 Å². The van der Waals surface area contributed by atoms with Crippen LogP contribution in [-0.2, 0) is 31.2 Å². The van der Waals surface area contributed by atoms with Crippen molar-refractivity contribution >= 4 is 29.4 Å². The molecular weight excluding hydrogens is 662 g/mol. The van der Waals surface area contributed by atoms with E-state index in [4.69, 9.17) is 5.10 Å². The van der Waals surface area contributed by atoms with Gasteiger partial charge in [0, 0.05) is 112 Å². The van der Waals surface area contributed by atoms with Crippen LogP contribution in [0.3, 0.4) is 0 Å². The monoisotopic (exact) mass is 710 g/mol. The van der Waals surface area contributed by atoms with Crippen molar-refractivity contribution in [2.45, 2.75) is 70.9 Å². The molecule has 10 nitrogen and oxygen atoms in total. The van der Waals surface area contributed by atoms with Crippen molar-refractivity contribution in [3.05, 3.63) is 76.7 Å². The number of benzene rings is 2. The summed E-state index contributed by atoms with van der Waals surface area (Å²) in [6.45, 7) is 8.66. The second-order valence-electron chi connectivity index (χ2n) is 15.1. The quantitative estimate of drug-likeness (QED) is 0.191. The van der Waals surface area contributed by atoms with E-state index in [1.165, 1.54) is 11.4 Å². The number of aromatic nitrogens is 4. The summed E-state index contributed by atoms with van der Waals surface area (Å²) in [7, 11) is 1.79. The summed E-state index contributed by atoms with van der Waals surface area (Å²) >= 11 is 0. The molecule has 0 atom stereocenters. The summed E-state index contributed by atoms with van der Waals surface area (Å²) in [4.78, 5) is 32.7. The van der Waals surface area contributed by atoms with Crippen molar-refractivity contribution in [1.29, 1.82) is 0 Å². The molecule has 0 aliphatic carbocycles. The fourth-order valence-corrected chi connectivity index (χ4v) is 8.92. The lowest BCUT2D eigenvalue weighted by atomic mass is 9.92. The van der Waals surface area contributed by atoms with Gasteiger partial charge in [0.05, 0.1) is 18.8 Å². The van der Waals surface area contributed by atoms with Crippen molar-refractivity contribution in [2.24, 2.45) is 13.0 Å². The first-order valence-electron chi connectivity index (χ1n) is 18.9. The normalized spacial score (nSPS) is 18.9. The third kappa shape index (κ3) is 6.73. The summed E-state index contributed by atoms with van der Waals surface area (Å²) in [5.41, 5.74) is 7.19. The molecule has 4 aromatic rings. The van der Waals surface area contributed by atoms with Crippen molar-refractivity contribution in [1.82, 2.24) is 29.4 Å². The maximum Gasteiger partial charge on any atom is 0.264 e. The number of nitrogens with zero attached hydrogens (tertiary/aromatic N) is 8. The average molecular weight is 711 g/mol. The molecule has 274 valence electrons. The fraction of sp³-hybridized carbons (Fsp3) is 0.500. The Hall–Kier alpha value is -4.58. The molecule has 1 amide bonds. The highest BCUT2D eigenvalue weighted by Gasteiger charge is 2.35. The lowest BCUT2D eigenvalue weighted by Gasteiger charge is -2.38. The number of aldehydes is 1. The van der Waals surface area contributed by atoms with E-state index in [0.29, 0.717) is 42.2 Å². The molecular formula is C40H48F2N8O2. The molecule has 0 N–H and O–H groups in total. The number of hydrogen-bond acceptors (Lipinski definition) is 7. The van der Waals surface area contributed by atoms with Crippen LogP contribution in [0.5, 0.6) is 0 Å². The first-order valence-corrected chi connectivity index (χ1v) is 18.9. The Morgan fingerprint density at radius 2 is 1.75 bits per heavy atom. The van der Waals surface area contributed by atoms with Crippen LogP contribution in [-0.4, -0.2) is 87.4 Å². The Morgan fingerprint density at radius 3 is 2.42 bits per heavy atom. The Balaban J connectivity index is 1.000. The van der Waals surface area contributed by atoms with E-state index in [2.05, 4.69) is 36.6 Å².